The Balaban J connectivity index is 1.27. The van der Waals surface area contributed by atoms with Crippen LogP contribution in [0, 0.1) is 29.1 Å². The third-order valence-corrected chi connectivity index (χ3v) is 8.29. The zero-order chi connectivity index (χ0) is 23.3. The van der Waals surface area contributed by atoms with Crippen molar-refractivity contribution in [1.82, 2.24) is 0 Å². The van der Waals surface area contributed by atoms with Crippen LogP contribution in [0.4, 0.5) is 4.39 Å². The van der Waals surface area contributed by atoms with Crippen molar-refractivity contribution >= 4 is 0 Å². The van der Waals surface area contributed by atoms with E-state index >= 15 is 0 Å². The van der Waals surface area contributed by atoms with Gasteiger partial charge in [-0.3, -0.25) is 0 Å². The molecule has 0 N–H and O–H groups in total. The summed E-state index contributed by atoms with van der Waals surface area (Å²) < 4.78 is 12.8. The summed E-state index contributed by atoms with van der Waals surface area (Å²) in [5.74, 6) is 2.81. The molecule has 1 nitrogen and oxygen atoms in total. The number of aryl methyl sites for hydroxylation is 1. The predicted octanol–water partition coefficient (Wildman–Crippen LogP) is 9.60. The number of unbranched alkanes of at least 4 members (excludes halogenated alkanes) is 1. The van der Waals surface area contributed by atoms with Crippen LogP contribution in [0.1, 0.15) is 114 Å². The molecule has 0 atom stereocenters. The second kappa shape index (κ2) is 14.4. The van der Waals surface area contributed by atoms with Gasteiger partial charge in [-0.1, -0.05) is 88.3 Å². The van der Waals surface area contributed by atoms with Crippen molar-refractivity contribution in [2.75, 3.05) is 0 Å². The van der Waals surface area contributed by atoms with Crippen LogP contribution in [0.25, 0.3) is 0 Å². The second-order valence-electron chi connectivity index (χ2n) is 10.7. The first-order valence-corrected chi connectivity index (χ1v) is 13.7. The molecule has 2 heteroatoms. The first-order chi connectivity index (χ1) is 16.2. The highest BCUT2D eigenvalue weighted by atomic mass is 19.1. The molecule has 1 aromatic rings. The van der Waals surface area contributed by atoms with Crippen LogP contribution < -0.4 is 0 Å². The Kier molecular flexibility index (Phi) is 11.2. The van der Waals surface area contributed by atoms with Crippen molar-refractivity contribution in [2.24, 2.45) is 17.8 Å². The number of hydrogen-bond donors (Lipinski definition) is 0. The monoisotopic (exact) mass is 449 g/mol. The minimum absolute atomic E-state index is 0.711. The Hall–Kier alpha value is -1.88. The van der Waals surface area contributed by atoms with Crippen molar-refractivity contribution < 1.29 is 4.39 Å². The van der Waals surface area contributed by atoms with Gasteiger partial charge in [-0.15, -0.1) is 0 Å². The van der Waals surface area contributed by atoms with Gasteiger partial charge in [0.1, 0.15) is 6.07 Å². The maximum absolute atomic E-state index is 12.8. The van der Waals surface area contributed by atoms with Crippen molar-refractivity contribution in [3.05, 3.63) is 59.4 Å². The number of nitriles is 1. The highest BCUT2D eigenvalue weighted by Crippen LogP contribution is 2.40. The molecule has 180 valence electrons. The predicted molar refractivity (Wildman–Crippen MR) is 138 cm³/mol. The highest BCUT2D eigenvalue weighted by molar-refractivity contribution is 5.26. The molecule has 33 heavy (non-hydrogen) atoms. The van der Waals surface area contributed by atoms with E-state index in [2.05, 4.69) is 31.2 Å². The molecule has 0 saturated heterocycles. The largest absolute Gasteiger partial charge is 0.199 e. The van der Waals surface area contributed by atoms with Crippen molar-refractivity contribution in [3.8, 4) is 6.07 Å². The Morgan fingerprint density at radius 3 is 2.06 bits per heavy atom. The Labute approximate surface area is 202 Å². The first kappa shape index (κ1) is 25.7. The Morgan fingerprint density at radius 2 is 1.48 bits per heavy atom. The van der Waals surface area contributed by atoms with E-state index in [1.165, 1.54) is 108 Å². The molecule has 3 rings (SSSR count). The Morgan fingerprint density at radius 1 is 0.909 bits per heavy atom. The third-order valence-electron chi connectivity index (χ3n) is 8.29. The van der Waals surface area contributed by atoms with Gasteiger partial charge in [0.2, 0.25) is 0 Å². The SMILES string of the molecule is CCCCc1ccc(C2CCC(CCC3CCC(CCC=CC=C(F)C#N)CC3)CC2)cc1. The fraction of sp³-hybridized carbons (Fsp3) is 0.645. The number of hydrogen-bond acceptors (Lipinski definition) is 1. The minimum Gasteiger partial charge on any atom is -0.195 e. The van der Waals surface area contributed by atoms with E-state index < -0.39 is 5.83 Å². The first-order valence-electron chi connectivity index (χ1n) is 13.7. The van der Waals surface area contributed by atoms with Crippen LogP contribution in [0.3, 0.4) is 0 Å². The number of nitrogens with zero attached hydrogens (tertiary/aromatic N) is 1. The van der Waals surface area contributed by atoms with Crippen molar-refractivity contribution in [1.29, 1.82) is 5.26 Å². The molecule has 2 aliphatic rings. The average Bonchev–Trinajstić information content (AvgIpc) is 2.87. The van der Waals surface area contributed by atoms with Crippen LogP contribution >= 0.6 is 0 Å². The summed E-state index contributed by atoms with van der Waals surface area (Å²) in [5.41, 5.74) is 3.08. The molecule has 0 aromatic heterocycles. The molecule has 0 heterocycles. The Bertz CT molecular complexity index is 768. The van der Waals surface area contributed by atoms with Gasteiger partial charge in [0.05, 0.1) is 0 Å². The molecular formula is C31H44FN. The molecule has 0 bridgehead atoms. The number of rotatable bonds is 11. The van der Waals surface area contributed by atoms with E-state index in [0.717, 1.165) is 30.1 Å². The minimum atomic E-state index is -0.711. The van der Waals surface area contributed by atoms with Gasteiger partial charge in [0.25, 0.3) is 0 Å². The molecule has 2 aliphatic carbocycles. The third kappa shape index (κ3) is 9.11. The van der Waals surface area contributed by atoms with Crippen LogP contribution in [-0.2, 0) is 6.42 Å². The zero-order valence-electron chi connectivity index (χ0n) is 20.8. The summed E-state index contributed by atoms with van der Waals surface area (Å²) in [6, 6.07) is 11.1. The zero-order valence-corrected chi connectivity index (χ0v) is 20.8. The quantitative estimate of drug-likeness (QED) is 0.244. The fourth-order valence-electron chi connectivity index (χ4n) is 6.02. The van der Waals surface area contributed by atoms with Gasteiger partial charge >= 0.3 is 0 Å². The standard InChI is InChI=1S/C31H44FN/c1-2-3-7-25-16-20-29(21-17-25)30-22-18-28(19-23-30)15-14-27-12-10-26(11-13-27)8-5-4-6-9-31(32)24-33/h4,6,9,16-17,20-21,26-28,30H,2-3,5,7-8,10-15,18-19,22-23H2,1H3. The highest BCUT2D eigenvalue weighted by Gasteiger charge is 2.25. The molecule has 0 aliphatic heterocycles. The van der Waals surface area contributed by atoms with Crippen molar-refractivity contribution in [3.63, 3.8) is 0 Å². The number of allylic oxidation sites excluding steroid dienone is 4. The summed E-state index contributed by atoms with van der Waals surface area (Å²) in [5, 5.41) is 8.41. The second-order valence-corrected chi connectivity index (χ2v) is 10.7. The molecule has 0 spiro atoms. The molecule has 1 aromatic carbocycles. The van der Waals surface area contributed by atoms with Crippen LogP contribution in [0.2, 0.25) is 0 Å². The average molecular weight is 450 g/mol. The lowest BCUT2D eigenvalue weighted by atomic mass is 9.74. The molecule has 2 saturated carbocycles. The summed E-state index contributed by atoms with van der Waals surface area (Å²) in [4.78, 5) is 0. The van der Waals surface area contributed by atoms with Crippen LogP contribution in [-0.4, -0.2) is 0 Å². The van der Waals surface area contributed by atoms with Crippen LogP contribution in [0.15, 0.2) is 48.3 Å². The summed E-state index contributed by atoms with van der Waals surface area (Å²) in [6.07, 6.45) is 25.0. The summed E-state index contributed by atoms with van der Waals surface area (Å²) in [6.45, 7) is 2.27. The lowest BCUT2D eigenvalue weighted by Crippen LogP contribution is -2.17. The van der Waals surface area contributed by atoms with E-state index in [1.54, 1.807) is 11.6 Å². The lowest BCUT2D eigenvalue weighted by Gasteiger charge is -2.32. The fourth-order valence-corrected chi connectivity index (χ4v) is 6.02. The molecule has 0 unspecified atom stereocenters. The molecular weight excluding hydrogens is 405 g/mol. The lowest BCUT2D eigenvalue weighted by molar-refractivity contribution is 0.225. The molecule has 0 amide bonds. The topological polar surface area (TPSA) is 23.8 Å². The van der Waals surface area contributed by atoms with E-state index in [-0.39, 0.29) is 0 Å². The smallest absolute Gasteiger partial charge is 0.195 e. The number of halogens is 1. The van der Waals surface area contributed by atoms with E-state index in [4.69, 9.17) is 5.26 Å². The van der Waals surface area contributed by atoms with Gasteiger partial charge in [0.15, 0.2) is 5.83 Å². The molecule has 0 radical (unpaired) electrons. The summed E-state index contributed by atoms with van der Waals surface area (Å²) >= 11 is 0. The molecule has 2 fully saturated rings. The van der Waals surface area contributed by atoms with Gasteiger partial charge < -0.3 is 0 Å². The van der Waals surface area contributed by atoms with Gasteiger partial charge in [0, 0.05) is 0 Å². The summed E-state index contributed by atoms with van der Waals surface area (Å²) in [7, 11) is 0. The maximum Gasteiger partial charge on any atom is 0.199 e. The number of benzene rings is 1. The maximum atomic E-state index is 12.8. The van der Waals surface area contributed by atoms with E-state index in [0.29, 0.717) is 0 Å². The van der Waals surface area contributed by atoms with Gasteiger partial charge in [-0.05, 0) is 92.2 Å². The van der Waals surface area contributed by atoms with Crippen molar-refractivity contribution in [2.45, 2.75) is 109 Å². The normalized spacial score (nSPS) is 26.4. The van der Waals surface area contributed by atoms with Crippen LogP contribution in [0.5, 0.6) is 0 Å². The van der Waals surface area contributed by atoms with Gasteiger partial charge in [-0.2, -0.15) is 9.65 Å². The van der Waals surface area contributed by atoms with E-state index in [9.17, 15) is 4.39 Å². The van der Waals surface area contributed by atoms with E-state index in [1.807, 2.05) is 6.08 Å². The van der Waals surface area contributed by atoms with Gasteiger partial charge in [-0.25, -0.2) is 0 Å².